The number of hydrogen-bond acceptors (Lipinski definition) is 6. The molecule has 1 fully saturated rings. The maximum absolute atomic E-state index is 10.9. The van der Waals surface area contributed by atoms with Crippen molar-refractivity contribution in [1.29, 1.82) is 0 Å². The summed E-state index contributed by atoms with van der Waals surface area (Å²) in [7, 11) is 1.67. The molecule has 0 bridgehead atoms. The minimum atomic E-state index is -0.791. The van der Waals surface area contributed by atoms with E-state index in [2.05, 4.69) is 34.3 Å². The van der Waals surface area contributed by atoms with Crippen molar-refractivity contribution >= 4 is 11.4 Å². The molecule has 3 heterocycles. The highest BCUT2D eigenvalue weighted by atomic mass is 16.6. The largest absolute Gasteiger partial charge is 0.497 e. The van der Waals surface area contributed by atoms with Gasteiger partial charge in [0.05, 0.1) is 28.9 Å². The quantitative estimate of drug-likeness (QED) is 0.437. The van der Waals surface area contributed by atoms with Gasteiger partial charge in [-0.25, -0.2) is 0 Å². The number of nitro benzene ring substituents is 1. The number of benzene rings is 2. The Bertz CT molecular complexity index is 1120. The number of nitro groups is 1. The molecule has 5 rings (SSSR count). The molecule has 1 saturated heterocycles. The van der Waals surface area contributed by atoms with E-state index >= 15 is 0 Å². The van der Waals surface area contributed by atoms with Crippen molar-refractivity contribution in [3.63, 3.8) is 0 Å². The maximum atomic E-state index is 10.9. The van der Waals surface area contributed by atoms with Crippen molar-refractivity contribution in [3.05, 3.63) is 82.2 Å². The molecular weight excluding hydrogens is 420 g/mol. The highest BCUT2D eigenvalue weighted by Crippen LogP contribution is 2.45. The SMILES string of the molecule is CC.COc1ccc2c(c1)NC1(CCN(C(O)c3ccc([N+](=O)[O-])cc3)CC1)c1cccn1-2. The average Bonchev–Trinajstić information content (AvgIpc) is 3.36. The molecule has 2 N–H and O–H groups in total. The molecule has 1 aromatic heterocycles. The molecule has 0 saturated carbocycles. The summed E-state index contributed by atoms with van der Waals surface area (Å²) in [6, 6.07) is 16.4. The van der Waals surface area contributed by atoms with Crippen LogP contribution in [0.1, 0.15) is 44.2 Å². The van der Waals surface area contributed by atoms with Gasteiger partial charge in [0.25, 0.3) is 5.69 Å². The Morgan fingerprint density at radius 2 is 1.82 bits per heavy atom. The normalized spacial score (nSPS) is 17.1. The molecule has 1 atom stereocenters. The zero-order valence-electron chi connectivity index (χ0n) is 19.2. The zero-order chi connectivity index (χ0) is 23.6. The van der Waals surface area contributed by atoms with Gasteiger partial charge in [0.15, 0.2) is 0 Å². The summed E-state index contributed by atoms with van der Waals surface area (Å²) in [4.78, 5) is 12.5. The number of aliphatic hydroxyl groups is 1. The molecule has 0 aliphatic carbocycles. The summed E-state index contributed by atoms with van der Waals surface area (Å²) < 4.78 is 7.64. The summed E-state index contributed by atoms with van der Waals surface area (Å²) in [5.41, 5.74) is 3.81. The fraction of sp³-hybridized carbons (Fsp3) is 0.360. The number of rotatable bonds is 4. The van der Waals surface area contributed by atoms with Gasteiger partial charge in [-0.3, -0.25) is 15.0 Å². The van der Waals surface area contributed by atoms with Crippen LogP contribution >= 0.6 is 0 Å². The van der Waals surface area contributed by atoms with Crippen LogP contribution in [-0.2, 0) is 5.54 Å². The van der Waals surface area contributed by atoms with Gasteiger partial charge in [-0.1, -0.05) is 13.8 Å². The number of nitrogens with one attached hydrogen (secondary N) is 1. The molecular formula is C25H30N4O4. The lowest BCUT2D eigenvalue weighted by Gasteiger charge is -2.47. The van der Waals surface area contributed by atoms with Crippen LogP contribution in [0.25, 0.3) is 5.69 Å². The number of hydrogen-bond donors (Lipinski definition) is 2. The third-order valence-electron chi connectivity index (χ3n) is 6.48. The van der Waals surface area contributed by atoms with E-state index in [4.69, 9.17) is 4.74 Å². The van der Waals surface area contributed by atoms with Crippen LogP contribution in [0.3, 0.4) is 0 Å². The molecule has 174 valence electrons. The van der Waals surface area contributed by atoms with Crippen molar-refractivity contribution in [3.8, 4) is 11.4 Å². The first-order valence-corrected chi connectivity index (χ1v) is 11.3. The van der Waals surface area contributed by atoms with Crippen LogP contribution in [0, 0.1) is 10.1 Å². The van der Waals surface area contributed by atoms with Crippen molar-refractivity contribution in [2.75, 3.05) is 25.5 Å². The third-order valence-corrected chi connectivity index (χ3v) is 6.48. The minimum absolute atomic E-state index is 0.0230. The van der Waals surface area contributed by atoms with Crippen molar-refractivity contribution in [2.24, 2.45) is 0 Å². The number of piperidine rings is 1. The first-order chi connectivity index (χ1) is 16.0. The molecule has 1 unspecified atom stereocenters. The summed E-state index contributed by atoms with van der Waals surface area (Å²) in [6.45, 7) is 5.38. The highest BCUT2D eigenvalue weighted by molar-refractivity contribution is 5.69. The number of ether oxygens (including phenoxy) is 1. The van der Waals surface area contributed by atoms with Gasteiger partial charge < -0.3 is 19.7 Å². The lowest BCUT2D eigenvalue weighted by molar-refractivity contribution is -0.384. The standard InChI is InChI=1S/C23H24N4O4.C2H6/c1-31-18-8-9-20-19(15-18)24-23(21-3-2-12-26(20)21)10-13-25(14-11-23)22(28)16-4-6-17(7-5-16)27(29)30;1-2/h2-9,12,15,22,24,28H,10-11,13-14H2,1H3;1-2H3. The number of aliphatic hydroxyl groups excluding tert-OH is 1. The number of anilines is 1. The Balaban J connectivity index is 0.00000126. The first-order valence-electron chi connectivity index (χ1n) is 11.3. The number of non-ortho nitro benzene ring substituents is 1. The Morgan fingerprint density at radius 3 is 2.45 bits per heavy atom. The van der Waals surface area contributed by atoms with E-state index in [0.717, 1.165) is 30.0 Å². The molecule has 0 radical (unpaired) electrons. The summed E-state index contributed by atoms with van der Waals surface area (Å²) in [5.74, 6) is 0.808. The fourth-order valence-electron chi connectivity index (χ4n) is 4.77. The van der Waals surface area contributed by atoms with Gasteiger partial charge in [0.2, 0.25) is 0 Å². The molecule has 2 aromatic carbocycles. The van der Waals surface area contributed by atoms with Gasteiger partial charge >= 0.3 is 0 Å². The Hall–Kier alpha value is -3.36. The minimum Gasteiger partial charge on any atom is -0.497 e. The van der Waals surface area contributed by atoms with Crippen molar-refractivity contribution < 1.29 is 14.8 Å². The van der Waals surface area contributed by atoms with Crippen molar-refractivity contribution in [1.82, 2.24) is 9.47 Å². The Morgan fingerprint density at radius 1 is 1.12 bits per heavy atom. The van der Waals surface area contributed by atoms with Crippen LogP contribution in [0.4, 0.5) is 11.4 Å². The average molecular weight is 451 g/mol. The zero-order valence-corrected chi connectivity index (χ0v) is 19.2. The van der Waals surface area contributed by atoms with Gasteiger partial charge in [-0.05, 0) is 54.8 Å². The lowest BCUT2D eigenvalue weighted by atomic mass is 9.82. The predicted molar refractivity (Wildman–Crippen MR) is 128 cm³/mol. The molecule has 8 nitrogen and oxygen atoms in total. The number of methoxy groups -OCH3 is 1. The topological polar surface area (TPSA) is 92.8 Å². The van der Waals surface area contributed by atoms with E-state index in [1.165, 1.54) is 17.8 Å². The molecule has 33 heavy (non-hydrogen) atoms. The number of fused-ring (bicyclic) bond motifs is 4. The second-order valence-electron chi connectivity index (χ2n) is 8.11. The highest BCUT2D eigenvalue weighted by Gasteiger charge is 2.42. The van der Waals surface area contributed by atoms with E-state index in [-0.39, 0.29) is 11.2 Å². The summed E-state index contributed by atoms with van der Waals surface area (Å²) in [6.07, 6.45) is 2.93. The van der Waals surface area contributed by atoms with E-state index in [1.807, 2.05) is 30.9 Å². The number of likely N-dealkylation sites (tertiary alicyclic amines) is 1. The van der Waals surface area contributed by atoms with E-state index in [1.54, 1.807) is 19.2 Å². The van der Waals surface area contributed by atoms with Crippen LogP contribution < -0.4 is 10.1 Å². The van der Waals surface area contributed by atoms with Gasteiger partial charge in [-0.15, -0.1) is 0 Å². The monoisotopic (exact) mass is 450 g/mol. The van der Waals surface area contributed by atoms with E-state index in [9.17, 15) is 15.2 Å². The lowest BCUT2D eigenvalue weighted by Crippen LogP contribution is -2.50. The molecule has 3 aromatic rings. The van der Waals surface area contributed by atoms with Crippen LogP contribution in [0.2, 0.25) is 0 Å². The molecule has 0 amide bonds. The molecule has 2 aliphatic rings. The van der Waals surface area contributed by atoms with Gasteiger partial charge in [-0.2, -0.15) is 0 Å². The van der Waals surface area contributed by atoms with E-state index < -0.39 is 11.2 Å². The number of aromatic nitrogens is 1. The summed E-state index contributed by atoms with van der Waals surface area (Å²) >= 11 is 0. The molecule has 2 aliphatic heterocycles. The third kappa shape index (κ3) is 4.07. The second kappa shape index (κ2) is 9.25. The van der Waals surface area contributed by atoms with Crippen LogP contribution in [-0.4, -0.2) is 39.7 Å². The second-order valence-corrected chi connectivity index (χ2v) is 8.11. The van der Waals surface area contributed by atoms with Crippen LogP contribution in [0.5, 0.6) is 5.75 Å². The van der Waals surface area contributed by atoms with Crippen molar-refractivity contribution in [2.45, 2.75) is 38.5 Å². The summed E-state index contributed by atoms with van der Waals surface area (Å²) in [5, 5.41) is 25.5. The van der Waals surface area contributed by atoms with Gasteiger partial charge in [0, 0.05) is 43.2 Å². The Kier molecular flexibility index (Phi) is 6.40. The van der Waals surface area contributed by atoms with Crippen LogP contribution in [0.15, 0.2) is 60.8 Å². The van der Waals surface area contributed by atoms with Gasteiger partial charge in [0.1, 0.15) is 12.0 Å². The fourth-order valence-corrected chi connectivity index (χ4v) is 4.77. The number of nitrogens with zero attached hydrogens (tertiary/aromatic N) is 3. The molecule has 8 heteroatoms. The predicted octanol–water partition coefficient (Wildman–Crippen LogP) is 4.83. The first kappa shape index (κ1) is 22.8. The Labute approximate surface area is 193 Å². The molecule has 1 spiro atoms. The van der Waals surface area contributed by atoms with E-state index in [0.29, 0.717) is 18.7 Å². The smallest absolute Gasteiger partial charge is 0.269 e. The maximum Gasteiger partial charge on any atom is 0.269 e.